The third-order valence-electron chi connectivity index (χ3n) is 2.68. The molecule has 0 aliphatic rings. The standard InChI is InChI=1S/C14H29O2P/c1-3-5-6-8-14(9-7-12-16-17)10-13-15-11-4-2/h6,8,14H,3-5,7,9-13,17H2,1-2H3. The second kappa shape index (κ2) is 14.2. The van der Waals surface area contributed by atoms with E-state index in [4.69, 9.17) is 9.26 Å². The van der Waals surface area contributed by atoms with Crippen molar-refractivity contribution in [3.05, 3.63) is 12.2 Å². The topological polar surface area (TPSA) is 18.5 Å². The van der Waals surface area contributed by atoms with Gasteiger partial charge in [-0.2, -0.15) is 0 Å². The van der Waals surface area contributed by atoms with E-state index in [1.54, 1.807) is 0 Å². The molecule has 0 heterocycles. The average molecular weight is 260 g/mol. The second-order valence-electron chi connectivity index (χ2n) is 4.39. The predicted molar refractivity (Wildman–Crippen MR) is 78.2 cm³/mol. The molecule has 0 spiro atoms. The number of hydrogen-bond acceptors (Lipinski definition) is 2. The largest absolute Gasteiger partial charge is 0.381 e. The van der Waals surface area contributed by atoms with Crippen molar-refractivity contribution >= 4 is 9.47 Å². The summed E-state index contributed by atoms with van der Waals surface area (Å²) in [6.07, 6.45) is 11.7. The van der Waals surface area contributed by atoms with Gasteiger partial charge in [0, 0.05) is 22.7 Å². The molecule has 0 amide bonds. The number of hydrogen-bond donors (Lipinski definition) is 0. The minimum Gasteiger partial charge on any atom is -0.381 e. The van der Waals surface area contributed by atoms with Gasteiger partial charge in [0.25, 0.3) is 0 Å². The Balaban J connectivity index is 3.75. The van der Waals surface area contributed by atoms with Crippen molar-refractivity contribution in [3.8, 4) is 0 Å². The third-order valence-corrected chi connectivity index (χ3v) is 2.92. The van der Waals surface area contributed by atoms with E-state index in [-0.39, 0.29) is 0 Å². The first-order chi connectivity index (χ1) is 8.35. The first-order valence-electron chi connectivity index (χ1n) is 6.91. The maximum atomic E-state index is 5.56. The van der Waals surface area contributed by atoms with Crippen LogP contribution in [-0.4, -0.2) is 19.8 Å². The molecule has 0 fully saturated rings. The van der Waals surface area contributed by atoms with Crippen LogP contribution in [-0.2, 0) is 9.26 Å². The number of unbranched alkanes of at least 4 members (excludes halogenated alkanes) is 1. The molecule has 0 aromatic rings. The molecule has 2 unspecified atom stereocenters. The predicted octanol–water partition coefficient (Wildman–Crippen LogP) is 4.36. The highest BCUT2D eigenvalue weighted by atomic mass is 31.0. The van der Waals surface area contributed by atoms with Crippen molar-refractivity contribution in [2.75, 3.05) is 19.8 Å². The van der Waals surface area contributed by atoms with Crippen molar-refractivity contribution in [2.24, 2.45) is 5.92 Å². The van der Waals surface area contributed by atoms with Gasteiger partial charge in [-0.25, -0.2) is 0 Å². The Labute approximate surface area is 109 Å². The van der Waals surface area contributed by atoms with E-state index in [2.05, 4.69) is 35.5 Å². The molecule has 2 atom stereocenters. The van der Waals surface area contributed by atoms with Gasteiger partial charge in [0.05, 0.1) is 6.61 Å². The van der Waals surface area contributed by atoms with Gasteiger partial charge in [-0.15, -0.1) is 0 Å². The molecule has 3 heteroatoms. The Kier molecular flexibility index (Phi) is 14.2. The SMILES string of the molecule is CCCC=CC(CCCOP)CCOCCC. The van der Waals surface area contributed by atoms with E-state index in [0.29, 0.717) is 5.92 Å². The van der Waals surface area contributed by atoms with Gasteiger partial charge in [-0.1, -0.05) is 32.4 Å². The van der Waals surface area contributed by atoms with Crippen molar-refractivity contribution in [2.45, 2.75) is 52.4 Å². The fourth-order valence-corrected chi connectivity index (χ4v) is 1.87. The zero-order chi connectivity index (χ0) is 12.8. The first kappa shape index (κ1) is 17.1. The van der Waals surface area contributed by atoms with Crippen LogP contribution < -0.4 is 0 Å². The quantitative estimate of drug-likeness (QED) is 0.295. The molecule has 0 aromatic heterocycles. The molecule has 0 aromatic carbocycles. The van der Waals surface area contributed by atoms with Crippen LogP contribution in [0.5, 0.6) is 0 Å². The Morgan fingerprint density at radius 3 is 2.53 bits per heavy atom. The van der Waals surface area contributed by atoms with Gasteiger partial charge in [0.15, 0.2) is 0 Å². The minimum absolute atomic E-state index is 0.651. The van der Waals surface area contributed by atoms with E-state index in [1.165, 1.54) is 19.3 Å². The molecule has 0 aliphatic carbocycles. The maximum absolute atomic E-state index is 5.56. The minimum atomic E-state index is 0.651. The monoisotopic (exact) mass is 260 g/mol. The zero-order valence-electron chi connectivity index (χ0n) is 11.5. The van der Waals surface area contributed by atoms with Crippen LogP contribution in [0.3, 0.4) is 0 Å². The molecule has 2 nitrogen and oxygen atoms in total. The fraction of sp³-hybridized carbons (Fsp3) is 0.857. The lowest BCUT2D eigenvalue weighted by atomic mass is 9.99. The van der Waals surface area contributed by atoms with Gasteiger partial charge in [-0.05, 0) is 38.0 Å². The van der Waals surface area contributed by atoms with Crippen LogP contribution in [0, 0.1) is 5.92 Å². The summed E-state index contributed by atoms with van der Waals surface area (Å²) in [5, 5.41) is 0. The highest BCUT2D eigenvalue weighted by molar-refractivity contribution is 7.09. The van der Waals surface area contributed by atoms with Crippen molar-refractivity contribution in [1.29, 1.82) is 0 Å². The maximum Gasteiger partial charge on any atom is 0.0502 e. The normalized spacial score (nSPS) is 13.4. The molecule has 0 rings (SSSR count). The zero-order valence-corrected chi connectivity index (χ0v) is 12.6. The molecular weight excluding hydrogens is 231 g/mol. The first-order valence-corrected chi connectivity index (χ1v) is 7.38. The van der Waals surface area contributed by atoms with Crippen LogP contribution in [0.2, 0.25) is 0 Å². The summed E-state index contributed by atoms with van der Waals surface area (Å²) in [7, 11) is 2.31. The summed E-state index contributed by atoms with van der Waals surface area (Å²) < 4.78 is 10.6. The van der Waals surface area contributed by atoms with E-state index < -0.39 is 0 Å². The van der Waals surface area contributed by atoms with Gasteiger partial charge < -0.3 is 9.26 Å². The van der Waals surface area contributed by atoms with Crippen molar-refractivity contribution in [1.82, 2.24) is 0 Å². The lowest BCUT2D eigenvalue weighted by Gasteiger charge is -2.12. The molecule has 0 saturated carbocycles. The summed E-state index contributed by atoms with van der Waals surface area (Å²) in [6, 6.07) is 0. The van der Waals surface area contributed by atoms with E-state index >= 15 is 0 Å². The molecular formula is C14H29O2P. The Hall–Kier alpha value is 0.0900. The lowest BCUT2D eigenvalue weighted by molar-refractivity contribution is 0.123. The fourth-order valence-electron chi connectivity index (χ4n) is 1.70. The summed E-state index contributed by atoms with van der Waals surface area (Å²) >= 11 is 0. The van der Waals surface area contributed by atoms with Crippen LogP contribution in [0.25, 0.3) is 0 Å². The van der Waals surface area contributed by atoms with Crippen LogP contribution in [0.4, 0.5) is 0 Å². The Morgan fingerprint density at radius 1 is 1.06 bits per heavy atom. The molecule has 0 radical (unpaired) electrons. The number of ether oxygens (including phenoxy) is 1. The van der Waals surface area contributed by atoms with Gasteiger partial charge in [-0.3, -0.25) is 0 Å². The van der Waals surface area contributed by atoms with Gasteiger partial charge >= 0.3 is 0 Å². The number of rotatable bonds is 12. The van der Waals surface area contributed by atoms with Crippen molar-refractivity contribution < 1.29 is 9.26 Å². The molecule has 0 N–H and O–H groups in total. The molecule has 0 saturated heterocycles. The van der Waals surface area contributed by atoms with Gasteiger partial charge in [0.2, 0.25) is 0 Å². The molecule has 17 heavy (non-hydrogen) atoms. The molecule has 0 bridgehead atoms. The van der Waals surface area contributed by atoms with Crippen LogP contribution in [0.1, 0.15) is 52.4 Å². The molecule has 0 aliphatic heterocycles. The van der Waals surface area contributed by atoms with Crippen LogP contribution in [0.15, 0.2) is 12.2 Å². The van der Waals surface area contributed by atoms with Crippen molar-refractivity contribution in [3.63, 3.8) is 0 Å². The van der Waals surface area contributed by atoms with Gasteiger partial charge in [0.1, 0.15) is 0 Å². The average Bonchev–Trinajstić information content (AvgIpc) is 2.34. The highest BCUT2D eigenvalue weighted by Gasteiger charge is 2.04. The summed E-state index contributed by atoms with van der Waals surface area (Å²) in [6.45, 7) is 6.97. The second-order valence-corrected chi connectivity index (χ2v) is 4.72. The van der Waals surface area contributed by atoms with Crippen LogP contribution >= 0.6 is 9.47 Å². The molecule has 102 valence electrons. The highest BCUT2D eigenvalue weighted by Crippen LogP contribution is 2.14. The smallest absolute Gasteiger partial charge is 0.0502 e. The summed E-state index contributed by atoms with van der Waals surface area (Å²) in [5.74, 6) is 0.651. The Morgan fingerprint density at radius 2 is 1.88 bits per heavy atom. The summed E-state index contributed by atoms with van der Waals surface area (Å²) in [4.78, 5) is 0. The third kappa shape index (κ3) is 12.3. The summed E-state index contributed by atoms with van der Waals surface area (Å²) in [5.41, 5.74) is 0. The van der Waals surface area contributed by atoms with E-state index in [0.717, 1.165) is 39.1 Å². The van der Waals surface area contributed by atoms with E-state index in [9.17, 15) is 0 Å². The lowest BCUT2D eigenvalue weighted by Crippen LogP contribution is -2.05. The Bertz CT molecular complexity index is 172. The number of allylic oxidation sites excluding steroid dienone is 2. The van der Waals surface area contributed by atoms with E-state index in [1.807, 2.05) is 0 Å².